The molecule has 0 fully saturated rings. The minimum Gasteiger partial charge on any atom is -0.310 e. The van der Waals surface area contributed by atoms with Gasteiger partial charge in [0.25, 0.3) is 0 Å². The van der Waals surface area contributed by atoms with Gasteiger partial charge in [-0.05, 0) is 98.4 Å². The molecule has 2 aromatic heterocycles. The number of para-hydroxylation sites is 1. The van der Waals surface area contributed by atoms with Crippen LogP contribution in [0, 0.1) is 0 Å². The SMILES string of the molecule is Bc1c(B)c(B)c2c(c1B)c1c(B)c(-c3ccc4c(c3)c3c(-c5ccccc5)cccc3n4-c3ccccc3)c(B)c(B)c1n2-c1ccc(-c2cccc(-c3ccccc3)c2)cc1. The van der Waals surface area contributed by atoms with Crippen LogP contribution < -0.4 is 38.2 Å². The Morgan fingerprint density at radius 1 is 0.286 bits per heavy atom. The first-order valence-electron chi connectivity index (χ1n) is 22.2. The van der Waals surface area contributed by atoms with E-state index in [0.29, 0.717) is 0 Å². The van der Waals surface area contributed by atoms with Gasteiger partial charge in [-0.2, -0.15) is 0 Å². The molecule has 0 unspecified atom stereocenters. The van der Waals surface area contributed by atoms with Crippen LogP contribution >= 0.6 is 0 Å². The molecule has 2 heterocycles. The molecule has 0 saturated heterocycles. The monoisotopic (exact) mass is 796 g/mol. The molecule has 11 rings (SSSR count). The van der Waals surface area contributed by atoms with Crippen LogP contribution in [0.25, 0.3) is 99.5 Å². The van der Waals surface area contributed by atoms with Crippen molar-refractivity contribution in [1.82, 2.24) is 9.13 Å². The first-order valence-corrected chi connectivity index (χ1v) is 22.2. The highest BCUT2D eigenvalue weighted by molar-refractivity contribution is 6.69. The van der Waals surface area contributed by atoms with Gasteiger partial charge >= 0.3 is 0 Å². The fraction of sp³-hybridized carbons (Fsp3) is 0. The number of rotatable bonds is 6. The van der Waals surface area contributed by atoms with E-state index in [1.54, 1.807) is 0 Å². The number of hydrogen-bond donors (Lipinski definition) is 0. The van der Waals surface area contributed by atoms with Gasteiger partial charge in [-0.1, -0.05) is 160 Å². The summed E-state index contributed by atoms with van der Waals surface area (Å²) in [7, 11) is 16.3. The van der Waals surface area contributed by atoms with Gasteiger partial charge in [0.05, 0.1) is 11.0 Å². The van der Waals surface area contributed by atoms with E-state index in [1.807, 2.05) is 0 Å². The highest BCUT2D eigenvalue weighted by Gasteiger charge is 2.25. The Labute approximate surface area is 375 Å². The van der Waals surface area contributed by atoms with E-state index in [0.717, 1.165) is 5.69 Å². The minimum absolute atomic E-state index is 1.16. The Morgan fingerprint density at radius 2 is 0.794 bits per heavy atom. The van der Waals surface area contributed by atoms with Gasteiger partial charge in [0.1, 0.15) is 54.9 Å². The van der Waals surface area contributed by atoms with Crippen molar-refractivity contribution in [3.63, 3.8) is 0 Å². The molecule has 63 heavy (non-hydrogen) atoms. The topological polar surface area (TPSA) is 9.86 Å². The summed E-state index contributed by atoms with van der Waals surface area (Å²) < 4.78 is 5.01. The van der Waals surface area contributed by atoms with Crippen molar-refractivity contribution in [2.45, 2.75) is 0 Å². The Hall–Kier alpha value is -6.97. The predicted octanol–water partition coefficient (Wildman–Crippen LogP) is 2.36. The van der Waals surface area contributed by atoms with Crippen LogP contribution in [0.4, 0.5) is 0 Å². The summed E-state index contributed by atoms with van der Waals surface area (Å²) in [4.78, 5) is 0. The molecule has 0 N–H and O–H groups in total. The minimum atomic E-state index is 1.16. The van der Waals surface area contributed by atoms with Gasteiger partial charge in [0.15, 0.2) is 0 Å². The van der Waals surface area contributed by atoms with Crippen LogP contribution in [0.5, 0.6) is 0 Å². The number of nitrogens with zero attached hydrogens (tertiary/aromatic N) is 2. The molecule has 0 amide bonds. The first-order chi connectivity index (χ1) is 30.7. The molecule has 0 aliphatic rings. The van der Waals surface area contributed by atoms with E-state index in [-0.39, 0.29) is 0 Å². The fourth-order valence-corrected chi connectivity index (χ4v) is 10.7. The lowest BCUT2D eigenvalue weighted by molar-refractivity contribution is 1.18. The van der Waals surface area contributed by atoms with E-state index >= 15 is 0 Å². The second-order valence-corrected chi connectivity index (χ2v) is 17.5. The van der Waals surface area contributed by atoms with Crippen LogP contribution in [0.15, 0.2) is 176 Å². The number of hydrogen-bond acceptors (Lipinski definition) is 0. The third kappa shape index (κ3) is 6.04. The van der Waals surface area contributed by atoms with Crippen LogP contribution in [0.3, 0.4) is 0 Å². The van der Waals surface area contributed by atoms with Crippen molar-refractivity contribution in [3.8, 4) is 55.9 Å². The molecule has 0 aliphatic heterocycles. The fourth-order valence-electron chi connectivity index (χ4n) is 10.7. The van der Waals surface area contributed by atoms with Crippen molar-refractivity contribution >= 4 is 137 Å². The molecule has 0 spiro atoms. The van der Waals surface area contributed by atoms with E-state index < -0.39 is 0 Å². The smallest absolute Gasteiger partial charge is 0.141 e. The Balaban J connectivity index is 1.15. The highest BCUT2D eigenvalue weighted by Crippen LogP contribution is 2.40. The maximum atomic E-state index is 2.57. The molecule has 9 aromatic carbocycles. The maximum absolute atomic E-state index is 2.57. The summed E-state index contributed by atoms with van der Waals surface area (Å²) in [6.45, 7) is 0. The largest absolute Gasteiger partial charge is 0.310 e. The van der Waals surface area contributed by atoms with Gasteiger partial charge in [0, 0.05) is 38.6 Å². The number of aromatic nitrogens is 2. The zero-order valence-electron chi connectivity index (χ0n) is 37.1. The van der Waals surface area contributed by atoms with E-state index in [2.05, 4.69) is 240 Å². The molecule has 290 valence electrons. The lowest BCUT2D eigenvalue weighted by Gasteiger charge is -2.19. The van der Waals surface area contributed by atoms with Crippen molar-refractivity contribution in [1.29, 1.82) is 0 Å². The molecule has 0 aliphatic carbocycles. The van der Waals surface area contributed by atoms with Crippen molar-refractivity contribution < 1.29 is 0 Å². The second-order valence-electron chi connectivity index (χ2n) is 17.5. The Kier molecular flexibility index (Phi) is 9.35. The summed E-state index contributed by atoms with van der Waals surface area (Å²) in [6, 6.07) is 64.4. The molecular weight excluding hydrogens is 752 g/mol. The molecular formula is C54H43B7N2. The average molecular weight is 796 g/mol. The molecule has 11 aromatic rings. The van der Waals surface area contributed by atoms with E-state index in [4.69, 9.17) is 0 Å². The van der Waals surface area contributed by atoms with E-state index in [9.17, 15) is 0 Å². The van der Waals surface area contributed by atoms with Crippen molar-refractivity contribution in [2.75, 3.05) is 0 Å². The van der Waals surface area contributed by atoms with Crippen LogP contribution in [-0.2, 0) is 0 Å². The lowest BCUT2D eigenvalue weighted by atomic mass is 9.64. The normalized spacial score (nSPS) is 11.6. The average Bonchev–Trinajstić information content (AvgIpc) is 3.87. The molecule has 2 nitrogen and oxygen atoms in total. The van der Waals surface area contributed by atoms with E-state index in [1.165, 1.54) is 132 Å². The van der Waals surface area contributed by atoms with Gasteiger partial charge in [-0.25, -0.2) is 0 Å². The quantitative estimate of drug-likeness (QED) is 0.229. The summed E-state index contributed by atoms with van der Waals surface area (Å²) in [5.74, 6) is 0. The molecule has 0 bridgehead atoms. The van der Waals surface area contributed by atoms with Crippen molar-refractivity contribution in [2.24, 2.45) is 0 Å². The number of fused-ring (bicyclic) bond motifs is 6. The molecule has 0 radical (unpaired) electrons. The maximum Gasteiger partial charge on any atom is 0.141 e. The van der Waals surface area contributed by atoms with Crippen LogP contribution in [0.1, 0.15) is 0 Å². The van der Waals surface area contributed by atoms with Gasteiger partial charge in [0.2, 0.25) is 0 Å². The highest BCUT2D eigenvalue weighted by atomic mass is 15.0. The number of benzene rings is 9. The summed E-state index contributed by atoms with van der Waals surface area (Å²) in [6.07, 6.45) is 0. The second kappa shape index (κ2) is 15.1. The third-order valence-electron chi connectivity index (χ3n) is 14.2. The zero-order valence-corrected chi connectivity index (χ0v) is 37.1. The third-order valence-corrected chi connectivity index (χ3v) is 14.2. The Bertz CT molecular complexity index is 3620. The van der Waals surface area contributed by atoms with Crippen LogP contribution in [-0.4, -0.2) is 64.1 Å². The van der Waals surface area contributed by atoms with Crippen LogP contribution in [0.2, 0.25) is 0 Å². The predicted molar refractivity (Wildman–Crippen MR) is 294 cm³/mol. The Morgan fingerprint density at radius 3 is 1.46 bits per heavy atom. The summed E-state index contributed by atoms with van der Waals surface area (Å²) in [5, 5.41) is 5.25. The molecule has 0 saturated carbocycles. The summed E-state index contributed by atoms with van der Waals surface area (Å²) >= 11 is 0. The van der Waals surface area contributed by atoms with Gasteiger partial charge in [-0.3, -0.25) is 0 Å². The van der Waals surface area contributed by atoms with Crippen molar-refractivity contribution in [3.05, 3.63) is 176 Å². The van der Waals surface area contributed by atoms with Gasteiger partial charge in [-0.15, -0.1) is 5.46 Å². The van der Waals surface area contributed by atoms with Gasteiger partial charge < -0.3 is 9.13 Å². The zero-order chi connectivity index (χ0) is 43.1. The molecule has 0 atom stereocenters. The summed E-state index contributed by atoms with van der Waals surface area (Å²) in [5.41, 5.74) is 26.7. The first kappa shape index (κ1) is 38.9. The lowest BCUT2D eigenvalue weighted by Crippen LogP contribution is -2.48. The standard InChI is InChI=1S/C54H43B7N2/c55-46-42(35-24-27-40-39(29-35)43-38(32-14-6-2-7-15-32)20-11-21-41(43)62(40)36-18-8-3-9-19-36)47(56)51(60)53-44(46)45-48(57)49(58)50(59)52(61)54(45)63(53)37-25-22-31(23-26-37)34-17-10-16-33(28-34)30-12-4-1-5-13-30/h1-29H,55-61H2. The molecule has 9 heteroatoms.